The van der Waals surface area contributed by atoms with Gasteiger partial charge in [-0.2, -0.15) is 13.2 Å². The Bertz CT molecular complexity index is 838. The van der Waals surface area contributed by atoms with Crippen molar-refractivity contribution >= 4 is 17.5 Å². The number of hydrogen-bond acceptors (Lipinski definition) is 4. The van der Waals surface area contributed by atoms with E-state index in [0.717, 1.165) is 11.0 Å². The molecule has 3 aliphatic heterocycles. The number of aryl methyl sites for hydroxylation is 1. The molecule has 3 heterocycles. The summed E-state index contributed by atoms with van der Waals surface area (Å²) in [5.74, 6) is -2.91. The number of halogens is 3. The molecule has 3 aliphatic rings. The summed E-state index contributed by atoms with van der Waals surface area (Å²) in [6.45, 7) is 4.57. The molecule has 2 bridgehead atoms. The van der Waals surface area contributed by atoms with Crippen molar-refractivity contribution in [1.29, 1.82) is 0 Å². The van der Waals surface area contributed by atoms with Crippen molar-refractivity contribution in [3.63, 3.8) is 0 Å². The van der Waals surface area contributed by atoms with Crippen LogP contribution in [-0.4, -0.2) is 34.2 Å². The lowest BCUT2D eigenvalue weighted by molar-refractivity contribution is -0.138. The van der Waals surface area contributed by atoms with E-state index in [1.165, 1.54) is 19.1 Å². The third kappa shape index (κ3) is 2.00. The largest absolute Gasteiger partial charge is 0.416 e. The van der Waals surface area contributed by atoms with Crippen molar-refractivity contribution in [2.24, 2.45) is 11.8 Å². The number of hydrogen-bond donors (Lipinski definition) is 1. The van der Waals surface area contributed by atoms with Crippen LogP contribution in [0.2, 0.25) is 0 Å². The van der Waals surface area contributed by atoms with E-state index in [1.54, 1.807) is 13.8 Å². The normalized spacial score (nSPS) is 39.0. The number of anilines is 1. The molecule has 5 atom stereocenters. The maximum Gasteiger partial charge on any atom is 0.416 e. The smallest absolute Gasteiger partial charge is 0.390 e. The molecule has 3 saturated heterocycles. The minimum absolute atomic E-state index is 0.0123. The van der Waals surface area contributed by atoms with Crippen molar-refractivity contribution in [3.8, 4) is 0 Å². The summed E-state index contributed by atoms with van der Waals surface area (Å²) in [5.41, 5.74) is -3.19. The molecule has 0 saturated carbocycles. The molecular weight excluding hydrogens is 351 g/mol. The molecule has 26 heavy (non-hydrogen) atoms. The monoisotopic (exact) mass is 369 g/mol. The zero-order valence-electron chi connectivity index (χ0n) is 14.4. The molecule has 1 aromatic rings. The van der Waals surface area contributed by atoms with Gasteiger partial charge < -0.3 is 9.84 Å². The molecule has 1 N–H and O–H groups in total. The quantitative estimate of drug-likeness (QED) is 0.772. The number of imide groups is 1. The highest BCUT2D eigenvalue weighted by Crippen LogP contribution is 2.61. The summed E-state index contributed by atoms with van der Waals surface area (Å²) >= 11 is 0. The van der Waals surface area contributed by atoms with Gasteiger partial charge in [0.2, 0.25) is 11.8 Å². The summed E-state index contributed by atoms with van der Waals surface area (Å²) in [5, 5.41) is 10.3. The first-order chi connectivity index (χ1) is 11.9. The predicted molar refractivity (Wildman–Crippen MR) is 84.2 cm³/mol. The summed E-state index contributed by atoms with van der Waals surface area (Å²) in [6.07, 6.45) is -5.29. The summed E-state index contributed by atoms with van der Waals surface area (Å²) < 4.78 is 45.5. The maximum absolute atomic E-state index is 13.2. The Morgan fingerprint density at radius 3 is 2.42 bits per heavy atom. The Labute approximate surface area is 147 Å². The Hall–Kier alpha value is -1.93. The van der Waals surface area contributed by atoms with Gasteiger partial charge in [0.1, 0.15) is 5.60 Å². The van der Waals surface area contributed by atoms with E-state index in [-0.39, 0.29) is 17.7 Å². The van der Waals surface area contributed by atoms with Gasteiger partial charge >= 0.3 is 6.18 Å². The molecule has 2 amide bonds. The molecule has 1 aromatic carbocycles. The summed E-state index contributed by atoms with van der Waals surface area (Å²) in [4.78, 5) is 26.7. The third-order valence-electron chi connectivity index (χ3n) is 6.08. The minimum Gasteiger partial charge on any atom is -0.390 e. The molecule has 0 spiro atoms. The van der Waals surface area contributed by atoms with Crippen LogP contribution in [0.4, 0.5) is 18.9 Å². The fourth-order valence-electron chi connectivity index (χ4n) is 4.83. The topological polar surface area (TPSA) is 66.8 Å². The first-order valence-electron chi connectivity index (χ1n) is 8.34. The molecule has 0 radical (unpaired) electrons. The Morgan fingerprint density at radius 1 is 1.19 bits per heavy atom. The second-order valence-electron chi connectivity index (χ2n) is 7.78. The fraction of sp³-hybridized carbons (Fsp3) is 0.556. The number of fused-ring (bicyclic) bond motifs is 5. The second kappa shape index (κ2) is 4.86. The fourth-order valence-corrected chi connectivity index (χ4v) is 4.83. The highest BCUT2D eigenvalue weighted by Gasteiger charge is 2.75. The Balaban J connectivity index is 1.80. The molecule has 0 unspecified atom stereocenters. The van der Waals surface area contributed by atoms with Gasteiger partial charge in [0.25, 0.3) is 0 Å². The van der Waals surface area contributed by atoms with E-state index >= 15 is 0 Å². The van der Waals surface area contributed by atoms with Crippen LogP contribution in [0.5, 0.6) is 0 Å². The lowest BCUT2D eigenvalue weighted by Crippen LogP contribution is -2.49. The van der Waals surface area contributed by atoms with E-state index in [9.17, 15) is 27.9 Å². The highest BCUT2D eigenvalue weighted by atomic mass is 19.4. The van der Waals surface area contributed by atoms with Crippen LogP contribution in [-0.2, 0) is 20.5 Å². The van der Waals surface area contributed by atoms with E-state index in [1.807, 2.05) is 0 Å². The summed E-state index contributed by atoms with van der Waals surface area (Å²) in [7, 11) is 0. The molecule has 0 aromatic heterocycles. The number of nitrogens with zero attached hydrogens (tertiary/aromatic N) is 1. The van der Waals surface area contributed by atoms with Gasteiger partial charge in [0.15, 0.2) is 0 Å². The number of aliphatic hydroxyl groups excluding tert-OH is 1. The molecule has 5 nitrogen and oxygen atoms in total. The van der Waals surface area contributed by atoms with Crippen LogP contribution in [0.25, 0.3) is 0 Å². The first-order valence-corrected chi connectivity index (χ1v) is 8.34. The van der Waals surface area contributed by atoms with Gasteiger partial charge in [0, 0.05) is 6.42 Å². The number of carbonyl (C=O) groups excluding carboxylic acids is 2. The zero-order valence-corrected chi connectivity index (χ0v) is 14.4. The molecule has 4 rings (SSSR count). The van der Waals surface area contributed by atoms with E-state index in [4.69, 9.17) is 4.74 Å². The van der Waals surface area contributed by atoms with E-state index in [2.05, 4.69) is 0 Å². The average molecular weight is 369 g/mol. The van der Waals surface area contributed by atoms with Crippen LogP contribution in [0.1, 0.15) is 31.4 Å². The number of rotatable bonds is 1. The van der Waals surface area contributed by atoms with Gasteiger partial charge in [-0.15, -0.1) is 0 Å². The van der Waals surface area contributed by atoms with Gasteiger partial charge in [-0.3, -0.25) is 9.59 Å². The number of aliphatic hydroxyl groups is 1. The lowest BCUT2D eigenvalue weighted by atomic mass is 9.67. The third-order valence-corrected chi connectivity index (χ3v) is 6.08. The number of amides is 2. The van der Waals surface area contributed by atoms with Crippen molar-refractivity contribution < 1.29 is 32.6 Å². The molecule has 140 valence electrons. The van der Waals surface area contributed by atoms with Gasteiger partial charge in [0.05, 0.1) is 34.8 Å². The number of ether oxygens (including phenoxy) is 1. The number of alkyl halides is 3. The second-order valence-corrected chi connectivity index (χ2v) is 7.78. The summed E-state index contributed by atoms with van der Waals surface area (Å²) in [6, 6.07) is 3.41. The van der Waals surface area contributed by atoms with Crippen molar-refractivity contribution in [2.45, 2.75) is 50.7 Å². The standard InChI is InChI=1S/C18H18F3NO4/c1-8-4-5-9(6-10(8)18(19,20)21)22-14(24)12-13(15(22)25)17(3)11(23)7-16(12,2)26-17/h4-6,11-13,23H,7H2,1-3H3/t11-,12+,13-,16+,17-/m0/s1. The van der Waals surface area contributed by atoms with Crippen LogP contribution in [0.15, 0.2) is 18.2 Å². The lowest BCUT2D eigenvalue weighted by Gasteiger charge is -2.31. The van der Waals surface area contributed by atoms with Crippen LogP contribution < -0.4 is 4.90 Å². The first kappa shape index (κ1) is 17.5. The highest BCUT2D eigenvalue weighted by molar-refractivity contribution is 6.23. The van der Waals surface area contributed by atoms with Gasteiger partial charge in [-0.1, -0.05) is 6.07 Å². The van der Waals surface area contributed by atoms with E-state index in [0.29, 0.717) is 0 Å². The minimum atomic E-state index is -4.59. The van der Waals surface area contributed by atoms with Gasteiger partial charge in [-0.05, 0) is 38.5 Å². The Morgan fingerprint density at radius 2 is 1.81 bits per heavy atom. The van der Waals surface area contributed by atoms with E-state index < -0.39 is 52.7 Å². The van der Waals surface area contributed by atoms with Crippen molar-refractivity contribution in [2.75, 3.05) is 4.90 Å². The number of benzene rings is 1. The average Bonchev–Trinajstić information content (AvgIpc) is 3.01. The van der Waals surface area contributed by atoms with Gasteiger partial charge in [-0.25, -0.2) is 4.90 Å². The van der Waals surface area contributed by atoms with Crippen molar-refractivity contribution in [3.05, 3.63) is 29.3 Å². The molecular formula is C18H18F3NO4. The van der Waals surface area contributed by atoms with Crippen LogP contribution in [0.3, 0.4) is 0 Å². The molecule has 3 fully saturated rings. The Kier molecular flexibility index (Phi) is 3.27. The molecule has 0 aliphatic carbocycles. The SMILES string of the molecule is Cc1ccc(N2C(=O)[C@@H]3[C@H](C2=O)[C@@]2(C)C[C@H](O)[C@]3(C)O2)cc1C(F)(F)F. The van der Waals surface area contributed by atoms with Crippen LogP contribution in [0, 0.1) is 18.8 Å². The molecule has 8 heteroatoms. The van der Waals surface area contributed by atoms with Crippen LogP contribution >= 0.6 is 0 Å². The van der Waals surface area contributed by atoms with Crippen molar-refractivity contribution in [1.82, 2.24) is 0 Å². The number of carbonyl (C=O) groups is 2. The predicted octanol–water partition coefficient (Wildman–Crippen LogP) is 2.43. The zero-order chi connectivity index (χ0) is 19.2. The maximum atomic E-state index is 13.2.